The maximum atomic E-state index is 14.3. The third-order valence-corrected chi connectivity index (χ3v) is 4.32. The van der Waals surface area contributed by atoms with Crippen LogP contribution in [0.1, 0.15) is 11.1 Å². The molecular weight excluding hydrogens is 315 g/mol. The molecule has 1 aliphatic heterocycles. The van der Waals surface area contributed by atoms with Crippen molar-refractivity contribution in [3.05, 3.63) is 58.4 Å². The van der Waals surface area contributed by atoms with Crippen molar-refractivity contribution in [2.45, 2.75) is 6.92 Å². The van der Waals surface area contributed by atoms with Gasteiger partial charge in [-0.05, 0) is 42.3 Å². The number of rotatable bonds is 3. The Morgan fingerprint density at radius 1 is 1.22 bits per heavy atom. The monoisotopic (exact) mass is 332 g/mol. The number of hydrogen-bond acceptors (Lipinski definition) is 3. The van der Waals surface area contributed by atoms with E-state index in [1.54, 1.807) is 12.3 Å². The number of morpholine rings is 1. The van der Waals surface area contributed by atoms with Gasteiger partial charge in [0.15, 0.2) is 0 Å². The van der Waals surface area contributed by atoms with Gasteiger partial charge in [0.1, 0.15) is 5.82 Å². The summed E-state index contributed by atoms with van der Waals surface area (Å²) >= 11 is 6.08. The Bertz CT molecular complexity index is 727. The zero-order valence-electron chi connectivity index (χ0n) is 12.9. The molecule has 1 heterocycles. The van der Waals surface area contributed by atoms with Gasteiger partial charge in [-0.2, -0.15) is 0 Å². The van der Waals surface area contributed by atoms with E-state index >= 15 is 0 Å². The van der Waals surface area contributed by atoms with Crippen LogP contribution in [0.25, 0.3) is 0 Å². The molecule has 3 rings (SSSR count). The molecule has 0 spiro atoms. The maximum Gasteiger partial charge on any atom is 0.147 e. The Labute approximate surface area is 140 Å². The maximum absolute atomic E-state index is 14.3. The van der Waals surface area contributed by atoms with Gasteiger partial charge in [0.2, 0.25) is 0 Å². The van der Waals surface area contributed by atoms with Crippen molar-refractivity contribution in [1.29, 1.82) is 0 Å². The fourth-order valence-electron chi connectivity index (χ4n) is 2.54. The van der Waals surface area contributed by atoms with Crippen molar-refractivity contribution in [3.8, 4) is 0 Å². The van der Waals surface area contributed by atoms with Gasteiger partial charge in [-0.25, -0.2) is 4.39 Å². The molecular formula is C18H18ClFN2O. The third kappa shape index (κ3) is 3.71. The first-order chi connectivity index (χ1) is 11.1. The average Bonchev–Trinajstić information content (AvgIpc) is 2.57. The SMILES string of the molecule is Cc1c(Cl)cccc1N=Cc1ccc(N2CCOCC2)c(F)c1. The predicted molar refractivity (Wildman–Crippen MR) is 92.9 cm³/mol. The summed E-state index contributed by atoms with van der Waals surface area (Å²) in [5, 5.41) is 0.675. The van der Waals surface area contributed by atoms with E-state index in [9.17, 15) is 4.39 Å². The molecule has 2 aromatic carbocycles. The Balaban J connectivity index is 1.80. The topological polar surface area (TPSA) is 24.8 Å². The number of nitrogens with zero attached hydrogens (tertiary/aromatic N) is 2. The lowest BCUT2D eigenvalue weighted by Crippen LogP contribution is -2.36. The highest BCUT2D eigenvalue weighted by Gasteiger charge is 2.14. The lowest BCUT2D eigenvalue weighted by atomic mass is 10.1. The van der Waals surface area contributed by atoms with Crippen molar-refractivity contribution in [1.82, 2.24) is 0 Å². The van der Waals surface area contributed by atoms with Crippen LogP contribution in [0.15, 0.2) is 41.4 Å². The van der Waals surface area contributed by atoms with Crippen molar-refractivity contribution >= 4 is 29.2 Å². The van der Waals surface area contributed by atoms with E-state index in [0.29, 0.717) is 37.0 Å². The molecule has 1 fully saturated rings. The molecule has 0 aliphatic carbocycles. The van der Waals surface area contributed by atoms with Gasteiger partial charge in [0.25, 0.3) is 0 Å². The van der Waals surface area contributed by atoms with E-state index in [1.165, 1.54) is 6.07 Å². The predicted octanol–water partition coefficient (Wildman–Crippen LogP) is 4.37. The van der Waals surface area contributed by atoms with Crippen LogP contribution >= 0.6 is 11.6 Å². The summed E-state index contributed by atoms with van der Waals surface area (Å²) in [7, 11) is 0. The second-order valence-corrected chi connectivity index (χ2v) is 5.86. The molecule has 1 saturated heterocycles. The Hall–Kier alpha value is -1.91. The van der Waals surface area contributed by atoms with Crippen LogP contribution in [0.3, 0.4) is 0 Å². The van der Waals surface area contributed by atoms with E-state index in [4.69, 9.17) is 16.3 Å². The van der Waals surface area contributed by atoms with E-state index in [0.717, 1.165) is 16.8 Å². The van der Waals surface area contributed by atoms with Crippen molar-refractivity contribution in [2.75, 3.05) is 31.2 Å². The van der Waals surface area contributed by atoms with Crippen LogP contribution in [-0.2, 0) is 4.74 Å². The van der Waals surface area contributed by atoms with Crippen LogP contribution in [0.5, 0.6) is 0 Å². The third-order valence-electron chi connectivity index (χ3n) is 3.92. The first-order valence-corrected chi connectivity index (χ1v) is 7.94. The molecule has 2 aromatic rings. The highest BCUT2D eigenvalue weighted by atomic mass is 35.5. The van der Waals surface area contributed by atoms with Gasteiger partial charge in [0, 0.05) is 24.3 Å². The zero-order chi connectivity index (χ0) is 16.2. The minimum atomic E-state index is -0.237. The van der Waals surface area contributed by atoms with Crippen LogP contribution in [-0.4, -0.2) is 32.5 Å². The number of aliphatic imine (C=N–C) groups is 1. The van der Waals surface area contributed by atoms with Crippen molar-refractivity contribution in [2.24, 2.45) is 4.99 Å². The number of benzene rings is 2. The van der Waals surface area contributed by atoms with Crippen LogP contribution in [0.2, 0.25) is 5.02 Å². The summed E-state index contributed by atoms with van der Waals surface area (Å²) in [6, 6.07) is 10.7. The second kappa shape index (κ2) is 7.11. The summed E-state index contributed by atoms with van der Waals surface area (Å²) in [6.07, 6.45) is 1.66. The molecule has 0 aromatic heterocycles. The van der Waals surface area contributed by atoms with Gasteiger partial charge in [-0.1, -0.05) is 23.7 Å². The molecule has 0 amide bonds. The average molecular weight is 333 g/mol. The first kappa shape index (κ1) is 16.0. The van der Waals surface area contributed by atoms with E-state index < -0.39 is 0 Å². The van der Waals surface area contributed by atoms with E-state index in [-0.39, 0.29) is 5.82 Å². The molecule has 0 N–H and O–H groups in total. The first-order valence-electron chi connectivity index (χ1n) is 7.56. The summed E-state index contributed by atoms with van der Waals surface area (Å²) in [4.78, 5) is 6.41. The normalized spacial score (nSPS) is 15.3. The summed E-state index contributed by atoms with van der Waals surface area (Å²) < 4.78 is 19.6. The zero-order valence-corrected chi connectivity index (χ0v) is 13.7. The molecule has 5 heteroatoms. The van der Waals surface area contributed by atoms with Gasteiger partial charge in [-0.3, -0.25) is 4.99 Å². The lowest BCUT2D eigenvalue weighted by molar-refractivity contribution is 0.122. The van der Waals surface area contributed by atoms with E-state index in [2.05, 4.69) is 4.99 Å². The van der Waals surface area contributed by atoms with Gasteiger partial charge in [0.05, 0.1) is 24.6 Å². The minimum Gasteiger partial charge on any atom is -0.378 e. The molecule has 0 radical (unpaired) electrons. The Morgan fingerprint density at radius 2 is 2.00 bits per heavy atom. The largest absolute Gasteiger partial charge is 0.378 e. The highest BCUT2D eigenvalue weighted by Crippen LogP contribution is 2.26. The minimum absolute atomic E-state index is 0.237. The number of halogens is 2. The molecule has 1 aliphatic rings. The second-order valence-electron chi connectivity index (χ2n) is 5.45. The van der Waals surface area contributed by atoms with E-state index in [1.807, 2.05) is 36.1 Å². The fourth-order valence-corrected chi connectivity index (χ4v) is 2.71. The van der Waals surface area contributed by atoms with Crippen molar-refractivity contribution < 1.29 is 9.13 Å². The molecule has 3 nitrogen and oxygen atoms in total. The number of ether oxygens (including phenoxy) is 1. The molecule has 120 valence electrons. The number of anilines is 1. The van der Waals surface area contributed by atoms with Crippen LogP contribution < -0.4 is 4.90 Å². The van der Waals surface area contributed by atoms with Crippen molar-refractivity contribution in [3.63, 3.8) is 0 Å². The highest BCUT2D eigenvalue weighted by molar-refractivity contribution is 6.31. The molecule has 23 heavy (non-hydrogen) atoms. The van der Waals surface area contributed by atoms with Gasteiger partial charge < -0.3 is 9.64 Å². The Morgan fingerprint density at radius 3 is 2.74 bits per heavy atom. The lowest BCUT2D eigenvalue weighted by Gasteiger charge is -2.29. The summed E-state index contributed by atoms with van der Waals surface area (Å²) in [5.41, 5.74) is 3.04. The smallest absolute Gasteiger partial charge is 0.147 e. The summed E-state index contributed by atoms with van der Waals surface area (Å²) in [6.45, 7) is 4.61. The number of hydrogen-bond donors (Lipinski definition) is 0. The van der Waals surface area contributed by atoms with Gasteiger partial charge >= 0.3 is 0 Å². The summed E-state index contributed by atoms with van der Waals surface area (Å²) in [5.74, 6) is -0.237. The molecule has 0 unspecified atom stereocenters. The fraction of sp³-hybridized carbons (Fsp3) is 0.278. The van der Waals surface area contributed by atoms with Crippen LogP contribution in [0.4, 0.5) is 15.8 Å². The molecule has 0 atom stereocenters. The molecule has 0 bridgehead atoms. The quantitative estimate of drug-likeness (QED) is 0.779. The molecule has 0 saturated carbocycles. The van der Waals surface area contributed by atoms with Gasteiger partial charge in [-0.15, -0.1) is 0 Å². The Kier molecular flexibility index (Phi) is 4.94. The van der Waals surface area contributed by atoms with Crippen LogP contribution in [0, 0.1) is 12.7 Å². The standard InChI is InChI=1S/C18H18ClFN2O/c1-13-15(19)3-2-4-17(13)21-12-14-5-6-18(16(20)11-14)22-7-9-23-10-8-22/h2-6,11-12H,7-10H2,1H3.